The van der Waals surface area contributed by atoms with Gasteiger partial charge < -0.3 is 5.73 Å². The van der Waals surface area contributed by atoms with Gasteiger partial charge in [-0.15, -0.1) is 11.8 Å². The number of nitrogens with two attached hydrogens (primary N) is 1. The van der Waals surface area contributed by atoms with Crippen molar-refractivity contribution in [3.8, 4) is 5.69 Å². The van der Waals surface area contributed by atoms with Gasteiger partial charge in [-0.2, -0.15) is 5.10 Å². The van der Waals surface area contributed by atoms with Crippen LogP contribution < -0.4 is 5.73 Å². The Hall–Kier alpha value is -1.42. The number of hydrogen-bond donors (Lipinski definition) is 1. The predicted octanol–water partition coefficient (Wildman–Crippen LogP) is 2.18. The van der Waals surface area contributed by atoms with E-state index >= 15 is 0 Å². The second-order valence-electron chi connectivity index (χ2n) is 2.88. The Bertz CT molecular complexity index is 419. The van der Waals surface area contributed by atoms with E-state index < -0.39 is 0 Å². The van der Waals surface area contributed by atoms with Crippen LogP contribution in [0.25, 0.3) is 5.69 Å². The van der Waals surface area contributed by atoms with Gasteiger partial charge in [-0.05, 0) is 30.5 Å². The van der Waals surface area contributed by atoms with E-state index in [-0.39, 0.29) is 0 Å². The Morgan fingerprint density at radius 3 is 2.43 bits per heavy atom. The summed E-state index contributed by atoms with van der Waals surface area (Å²) in [4.78, 5) is 1.24. The molecular formula is C10H11N3S. The van der Waals surface area contributed by atoms with Gasteiger partial charge in [0.15, 0.2) is 0 Å². The molecule has 0 unspecified atom stereocenters. The summed E-state index contributed by atoms with van der Waals surface area (Å²) < 4.78 is 1.76. The van der Waals surface area contributed by atoms with Gasteiger partial charge in [0.1, 0.15) is 5.82 Å². The molecule has 0 saturated carbocycles. The average Bonchev–Trinajstić information content (AvgIpc) is 2.65. The zero-order chi connectivity index (χ0) is 9.97. The fourth-order valence-corrected chi connectivity index (χ4v) is 1.63. The molecule has 0 bridgehead atoms. The van der Waals surface area contributed by atoms with Gasteiger partial charge in [0.2, 0.25) is 0 Å². The van der Waals surface area contributed by atoms with Crippen molar-refractivity contribution < 1.29 is 0 Å². The fraction of sp³-hybridized carbons (Fsp3) is 0.100. The molecule has 2 aromatic rings. The maximum Gasteiger partial charge on any atom is 0.145 e. The molecule has 0 radical (unpaired) electrons. The number of thioether (sulfide) groups is 1. The van der Waals surface area contributed by atoms with Crippen molar-refractivity contribution in [3.05, 3.63) is 36.5 Å². The standard InChI is InChI=1S/C10H11N3S/c1-14-9-4-2-8(3-5-9)13-7-6-10(11)12-13/h2-7H,1H3,(H2,11,12). The lowest BCUT2D eigenvalue weighted by Crippen LogP contribution is -1.95. The fourth-order valence-electron chi connectivity index (χ4n) is 1.22. The summed E-state index contributed by atoms with van der Waals surface area (Å²) >= 11 is 1.72. The number of nitrogen functional groups attached to an aromatic ring is 1. The van der Waals surface area contributed by atoms with E-state index in [1.54, 1.807) is 22.5 Å². The molecule has 1 heterocycles. The van der Waals surface area contributed by atoms with Crippen molar-refractivity contribution in [1.29, 1.82) is 0 Å². The molecule has 0 spiro atoms. The highest BCUT2D eigenvalue weighted by molar-refractivity contribution is 7.98. The number of hydrogen-bond acceptors (Lipinski definition) is 3. The monoisotopic (exact) mass is 205 g/mol. The minimum absolute atomic E-state index is 0.541. The normalized spacial score (nSPS) is 10.4. The summed E-state index contributed by atoms with van der Waals surface area (Å²) in [5.41, 5.74) is 6.56. The lowest BCUT2D eigenvalue weighted by Gasteiger charge is -2.01. The molecule has 1 aromatic carbocycles. The van der Waals surface area contributed by atoms with E-state index in [0.29, 0.717) is 5.82 Å². The second kappa shape index (κ2) is 3.75. The van der Waals surface area contributed by atoms with Crippen molar-refractivity contribution in [3.63, 3.8) is 0 Å². The number of aromatic nitrogens is 2. The third-order valence-electron chi connectivity index (χ3n) is 1.95. The van der Waals surface area contributed by atoms with Crippen LogP contribution in [0.5, 0.6) is 0 Å². The summed E-state index contributed by atoms with van der Waals surface area (Å²) in [5.74, 6) is 0.541. The van der Waals surface area contributed by atoms with Crippen molar-refractivity contribution in [2.75, 3.05) is 12.0 Å². The SMILES string of the molecule is CSc1ccc(-n2ccc(N)n2)cc1. The van der Waals surface area contributed by atoms with Crippen LogP contribution in [0.15, 0.2) is 41.4 Å². The molecule has 2 rings (SSSR count). The van der Waals surface area contributed by atoms with Gasteiger partial charge in [0, 0.05) is 17.2 Å². The van der Waals surface area contributed by atoms with Crippen molar-refractivity contribution >= 4 is 17.6 Å². The van der Waals surface area contributed by atoms with Gasteiger partial charge in [-0.1, -0.05) is 0 Å². The zero-order valence-corrected chi connectivity index (χ0v) is 8.66. The van der Waals surface area contributed by atoms with Gasteiger partial charge in [-0.3, -0.25) is 0 Å². The molecule has 0 atom stereocenters. The van der Waals surface area contributed by atoms with E-state index in [4.69, 9.17) is 5.73 Å². The molecule has 0 amide bonds. The van der Waals surface area contributed by atoms with Crippen LogP contribution in [0.3, 0.4) is 0 Å². The van der Waals surface area contributed by atoms with Crippen LogP contribution in [0.1, 0.15) is 0 Å². The van der Waals surface area contributed by atoms with Crippen LogP contribution in [0.2, 0.25) is 0 Å². The molecule has 0 saturated heterocycles. The Labute approximate surface area is 86.9 Å². The lowest BCUT2D eigenvalue weighted by molar-refractivity contribution is 0.884. The minimum atomic E-state index is 0.541. The van der Waals surface area contributed by atoms with Crippen LogP contribution in [-0.2, 0) is 0 Å². The second-order valence-corrected chi connectivity index (χ2v) is 3.76. The Kier molecular flexibility index (Phi) is 2.45. The van der Waals surface area contributed by atoms with Crippen LogP contribution >= 0.6 is 11.8 Å². The molecule has 1 aromatic heterocycles. The van der Waals surface area contributed by atoms with Gasteiger partial charge >= 0.3 is 0 Å². The maximum absolute atomic E-state index is 5.54. The zero-order valence-electron chi connectivity index (χ0n) is 7.84. The maximum atomic E-state index is 5.54. The molecule has 72 valence electrons. The first kappa shape index (κ1) is 9.15. The van der Waals surface area contributed by atoms with Crippen molar-refractivity contribution in [2.45, 2.75) is 4.90 Å². The molecule has 0 fully saturated rings. The van der Waals surface area contributed by atoms with E-state index in [1.807, 2.05) is 18.3 Å². The van der Waals surface area contributed by atoms with E-state index in [1.165, 1.54) is 4.90 Å². The highest BCUT2D eigenvalue weighted by Gasteiger charge is 1.97. The quantitative estimate of drug-likeness (QED) is 0.764. The summed E-state index contributed by atoms with van der Waals surface area (Å²) in [5, 5.41) is 4.12. The summed E-state index contributed by atoms with van der Waals surface area (Å²) in [6, 6.07) is 9.97. The number of anilines is 1. The smallest absolute Gasteiger partial charge is 0.145 e. The van der Waals surface area contributed by atoms with Gasteiger partial charge in [-0.25, -0.2) is 4.68 Å². The third-order valence-corrected chi connectivity index (χ3v) is 2.69. The molecule has 14 heavy (non-hydrogen) atoms. The van der Waals surface area contributed by atoms with Crippen molar-refractivity contribution in [2.24, 2.45) is 0 Å². The van der Waals surface area contributed by atoms with E-state index in [9.17, 15) is 0 Å². The first-order valence-corrected chi connectivity index (χ1v) is 5.47. The minimum Gasteiger partial charge on any atom is -0.382 e. The highest BCUT2D eigenvalue weighted by atomic mass is 32.2. The molecule has 0 aliphatic heterocycles. The summed E-state index contributed by atoms with van der Waals surface area (Å²) in [6.45, 7) is 0. The summed E-state index contributed by atoms with van der Waals surface area (Å²) in [6.07, 6.45) is 3.91. The first-order chi connectivity index (χ1) is 6.79. The molecular weight excluding hydrogens is 194 g/mol. The number of rotatable bonds is 2. The van der Waals surface area contributed by atoms with E-state index in [0.717, 1.165) is 5.69 Å². The number of nitrogens with zero attached hydrogens (tertiary/aromatic N) is 2. The predicted molar refractivity (Wildman–Crippen MR) is 59.8 cm³/mol. The van der Waals surface area contributed by atoms with Crippen molar-refractivity contribution in [1.82, 2.24) is 9.78 Å². The first-order valence-electron chi connectivity index (χ1n) is 4.25. The number of benzene rings is 1. The average molecular weight is 205 g/mol. The Morgan fingerprint density at radius 1 is 1.21 bits per heavy atom. The Balaban J connectivity index is 2.33. The van der Waals surface area contributed by atoms with Crippen LogP contribution in [-0.4, -0.2) is 16.0 Å². The lowest BCUT2D eigenvalue weighted by atomic mass is 10.3. The summed E-state index contributed by atoms with van der Waals surface area (Å²) in [7, 11) is 0. The highest BCUT2D eigenvalue weighted by Crippen LogP contribution is 2.16. The molecule has 0 aliphatic rings. The van der Waals surface area contributed by atoms with Gasteiger partial charge in [0.25, 0.3) is 0 Å². The van der Waals surface area contributed by atoms with Crippen LogP contribution in [0.4, 0.5) is 5.82 Å². The molecule has 2 N–H and O–H groups in total. The third kappa shape index (κ3) is 1.75. The molecule has 3 nitrogen and oxygen atoms in total. The van der Waals surface area contributed by atoms with Crippen LogP contribution in [0, 0.1) is 0 Å². The Morgan fingerprint density at radius 2 is 1.93 bits per heavy atom. The van der Waals surface area contributed by atoms with E-state index in [2.05, 4.69) is 23.5 Å². The molecule has 0 aliphatic carbocycles. The topological polar surface area (TPSA) is 43.8 Å². The largest absolute Gasteiger partial charge is 0.382 e. The van der Waals surface area contributed by atoms with Gasteiger partial charge in [0.05, 0.1) is 5.69 Å². The molecule has 4 heteroatoms.